The molecule has 0 aromatic carbocycles. The van der Waals surface area contributed by atoms with Gasteiger partial charge in [-0.2, -0.15) is 0 Å². The molecule has 0 unspecified atom stereocenters. The Labute approximate surface area is 104 Å². The van der Waals surface area contributed by atoms with Crippen LogP contribution in [0.4, 0.5) is 0 Å². The molecular formula is C12H16N2O2S. The van der Waals surface area contributed by atoms with E-state index in [0.29, 0.717) is 6.54 Å². The molecule has 5 heteroatoms. The number of ether oxygens (including phenoxy) is 2. The molecule has 1 aliphatic heterocycles. The molecule has 0 saturated carbocycles. The molecular weight excluding hydrogens is 236 g/mol. The Kier molecular flexibility index (Phi) is 3.00. The van der Waals surface area contributed by atoms with Crippen molar-refractivity contribution in [2.24, 2.45) is 5.73 Å². The van der Waals surface area contributed by atoms with Gasteiger partial charge in [-0.25, -0.2) is 4.98 Å². The predicted molar refractivity (Wildman–Crippen MR) is 66.5 cm³/mol. The van der Waals surface area contributed by atoms with Crippen LogP contribution in [0.25, 0.3) is 5.57 Å². The molecule has 1 saturated heterocycles. The molecule has 92 valence electrons. The number of allylic oxidation sites excluding steroid dienone is 1. The van der Waals surface area contributed by atoms with Crippen molar-refractivity contribution in [3.8, 4) is 0 Å². The summed E-state index contributed by atoms with van der Waals surface area (Å²) >= 11 is 1.68. The Balaban J connectivity index is 1.75. The number of hydrogen-bond acceptors (Lipinski definition) is 5. The molecule has 2 aliphatic rings. The minimum absolute atomic E-state index is 0.336. The zero-order valence-electron chi connectivity index (χ0n) is 9.65. The van der Waals surface area contributed by atoms with Gasteiger partial charge in [0.1, 0.15) is 5.01 Å². The van der Waals surface area contributed by atoms with Gasteiger partial charge in [0, 0.05) is 30.5 Å². The van der Waals surface area contributed by atoms with Crippen LogP contribution in [0.3, 0.4) is 0 Å². The Morgan fingerprint density at radius 3 is 2.82 bits per heavy atom. The van der Waals surface area contributed by atoms with Crippen LogP contribution in [0.1, 0.15) is 29.1 Å². The monoisotopic (exact) mass is 252 g/mol. The summed E-state index contributed by atoms with van der Waals surface area (Å²) in [5, 5.41) is 1.10. The number of nitrogens with zero attached hydrogens (tertiary/aromatic N) is 1. The quantitative estimate of drug-likeness (QED) is 0.873. The number of nitrogens with two attached hydrogens (primary N) is 1. The van der Waals surface area contributed by atoms with Crippen LogP contribution >= 0.6 is 11.3 Å². The smallest absolute Gasteiger partial charge is 0.172 e. The van der Waals surface area contributed by atoms with Gasteiger partial charge in [-0.1, -0.05) is 6.08 Å². The largest absolute Gasteiger partial charge is 0.347 e. The first-order chi connectivity index (χ1) is 8.31. The van der Waals surface area contributed by atoms with Crippen LogP contribution < -0.4 is 5.73 Å². The van der Waals surface area contributed by atoms with Gasteiger partial charge in [-0.3, -0.25) is 0 Å². The minimum atomic E-state index is -0.336. The van der Waals surface area contributed by atoms with Crippen molar-refractivity contribution in [2.75, 3.05) is 13.2 Å². The Bertz CT molecular complexity index is 435. The maximum absolute atomic E-state index is 5.69. The van der Waals surface area contributed by atoms with Crippen LogP contribution in [0, 0.1) is 0 Å². The van der Waals surface area contributed by atoms with E-state index >= 15 is 0 Å². The van der Waals surface area contributed by atoms with Crippen LogP contribution in [0.2, 0.25) is 0 Å². The van der Waals surface area contributed by atoms with Crippen molar-refractivity contribution in [3.63, 3.8) is 0 Å². The van der Waals surface area contributed by atoms with E-state index in [2.05, 4.69) is 11.1 Å². The standard InChI is InChI=1S/C12H16N2O2S/c13-7-10-8-14-11(17-10)9-1-3-12(4-2-9)15-5-6-16-12/h1,8H,2-7,13H2. The topological polar surface area (TPSA) is 57.4 Å². The number of rotatable bonds is 2. The molecule has 0 radical (unpaired) electrons. The van der Waals surface area contributed by atoms with E-state index in [1.54, 1.807) is 11.3 Å². The second-order valence-corrected chi connectivity index (χ2v) is 5.49. The molecule has 4 nitrogen and oxygen atoms in total. The van der Waals surface area contributed by atoms with Crippen molar-refractivity contribution in [1.82, 2.24) is 4.98 Å². The first kappa shape index (κ1) is 11.3. The lowest BCUT2D eigenvalue weighted by atomic mass is 9.94. The molecule has 2 heterocycles. The second-order valence-electron chi connectivity index (χ2n) is 4.38. The summed E-state index contributed by atoms with van der Waals surface area (Å²) in [6.07, 6.45) is 6.80. The van der Waals surface area contributed by atoms with Crippen LogP contribution in [0.15, 0.2) is 12.3 Å². The molecule has 0 amide bonds. The van der Waals surface area contributed by atoms with E-state index in [9.17, 15) is 0 Å². The zero-order valence-corrected chi connectivity index (χ0v) is 10.5. The highest BCUT2D eigenvalue weighted by Gasteiger charge is 2.37. The Hall–Kier alpha value is -0.750. The first-order valence-corrected chi connectivity index (χ1v) is 6.75. The molecule has 17 heavy (non-hydrogen) atoms. The molecule has 1 fully saturated rings. The van der Waals surface area contributed by atoms with Crippen molar-refractivity contribution < 1.29 is 9.47 Å². The zero-order chi connectivity index (χ0) is 11.7. The highest BCUT2D eigenvalue weighted by Crippen LogP contribution is 2.38. The molecule has 1 aliphatic carbocycles. The van der Waals surface area contributed by atoms with E-state index in [-0.39, 0.29) is 5.79 Å². The fraction of sp³-hybridized carbons (Fsp3) is 0.583. The second kappa shape index (κ2) is 4.49. The molecule has 1 spiro atoms. The molecule has 1 aromatic heterocycles. The normalized spacial score (nSPS) is 23.0. The van der Waals surface area contributed by atoms with Crippen LogP contribution in [-0.2, 0) is 16.0 Å². The predicted octanol–water partition coefficient (Wildman–Crippen LogP) is 1.91. The first-order valence-electron chi connectivity index (χ1n) is 5.93. The summed E-state index contributed by atoms with van der Waals surface area (Å²) in [5.41, 5.74) is 6.90. The van der Waals surface area contributed by atoms with Crippen LogP contribution in [-0.4, -0.2) is 24.0 Å². The van der Waals surface area contributed by atoms with Gasteiger partial charge in [0.15, 0.2) is 5.79 Å². The number of thiazole rings is 1. The number of aromatic nitrogens is 1. The van der Waals surface area contributed by atoms with Gasteiger partial charge >= 0.3 is 0 Å². The lowest BCUT2D eigenvalue weighted by Crippen LogP contribution is -2.31. The van der Waals surface area contributed by atoms with E-state index in [0.717, 1.165) is 42.4 Å². The fourth-order valence-electron chi connectivity index (χ4n) is 2.31. The molecule has 3 rings (SSSR count). The van der Waals surface area contributed by atoms with Gasteiger partial charge in [-0.15, -0.1) is 11.3 Å². The highest BCUT2D eigenvalue weighted by atomic mass is 32.1. The van der Waals surface area contributed by atoms with Gasteiger partial charge < -0.3 is 15.2 Å². The third-order valence-electron chi connectivity index (χ3n) is 3.28. The van der Waals surface area contributed by atoms with Gasteiger partial charge in [0.05, 0.1) is 13.2 Å². The summed E-state index contributed by atoms with van der Waals surface area (Å²) < 4.78 is 11.4. The van der Waals surface area contributed by atoms with Crippen molar-refractivity contribution in [1.29, 1.82) is 0 Å². The molecule has 0 atom stereocenters. The van der Waals surface area contributed by atoms with E-state index in [4.69, 9.17) is 15.2 Å². The lowest BCUT2D eigenvalue weighted by molar-refractivity contribution is -0.159. The Morgan fingerprint density at radius 2 is 2.24 bits per heavy atom. The third kappa shape index (κ3) is 2.15. The summed E-state index contributed by atoms with van der Waals surface area (Å²) in [6, 6.07) is 0. The maximum atomic E-state index is 5.69. The summed E-state index contributed by atoms with van der Waals surface area (Å²) in [4.78, 5) is 5.55. The summed E-state index contributed by atoms with van der Waals surface area (Å²) in [7, 11) is 0. The lowest BCUT2D eigenvalue weighted by Gasteiger charge is -2.30. The van der Waals surface area contributed by atoms with Crippen molar-refractivity contribution in [3.05, 3.63) is 22.2 Å². The van der Waals surface area contributed by atoms with E-state index in [1.165, 1.54) is 5.57 Å². The minimum Gasteiger partial charge on any atom is -0.347 e. The van der Waals surface area contributed by atoms with Crippen molar-refractivity contribution >= 4 is 16.9 Å². The van der Waals surface area contributed by atoms with E-state index in [1.807, 2.05) is 6.20 Å². The van der Waals surface area contributed by atoms with Gasteiger partial charge in [0.2, 0.25) is 0 Å². The average molecular weight is 252 g/mol. The molecule has 0 bridgehead atoms. The van der Waals surface area contributed by atoms with Crippen molar-refractivity contribution in [2.45, 2.75) is 31.6 Å². The molecule has 2 N–H and O–H groups in total. The van der Waals surface area contributed by atoms with Gasteiger partial charge in [-0.05, 0) is 12.0 Å². The third-order valence-corrected chi connectivity index (χ3v) is 4.37. The Morgan fingerprint density at radius 1 is 1.41 bits per heavy atom. The summed E-state index contributed by atoms with van der Waals surface area (Å²) in [5.74, 6) is -0.336. The number of hydrogen-bond donors (Lipinski definition) is 1. The maximum Gasteiger partial charge on any atom is 0.172 e. The van der Waals surface area contributed by atoms with E-state index < -0.39 is 0 Å². The fourth-order valence-corrected chi connectivity index (χ4v) is 3.17. The SMILES string of the molecule is NCc1cnc(C2=CCC3(CC2)OCCO3)s1. The average Bonchev–Trinajstić information content (AvgIpc) is 3.00. The summed E-state index contributed by atoms with van der Waals surface area (Å²) in [6.45, 7) is 2.01. The van der Waals surface area contributed by atoms with Crippen LogP contribution in [0.5, 0.6) is 0 Å². The highest BCUT2D eigenvalue weighted by molar-refractivity contribution is 7.12. The molecule has 1 aromatic rings. The van der Waals surface area contributed by atoms with Gasteiger partial charge in [0.25, 0.3) is 0 Å².